The summed E-state index contributed by atoms with van der Waals surface area (Å²) in [5.74, 6) is 0.235. The zero-order valence-electron chi connectivity index (χ0n) is 18.0. The summed E-state index contributed by atoms with van der Waals surface area (Å²) in [4.78, 5) is 21.2. The fraction of sp³-hybridized carbons (Fsp3) is 0.375. The van der Waals surface area contributed by atoms with Gasteiger partial charge in [0.1, 0.15) is 11.6 Å². The number of likely N-dealkylation sites (N-methyl/N-ethyl adjacent to an activating group) is 1. The maximum Gasteiger partial charge on any atom is 0.237 e. The van der Waals surface area contributed by atoms with E-state index >= 15 is 0 Å². The summed E-state index contributed by atoms with van der Waals surface area (Å²) in [6.45, 7) is 4.57. The minimum atomic E-state index is -0.352. The Morgan fingerprint density at radius 3 is 2.72 bits per heavy atom. The van der Waals surface area contributed by atoms with Crippen LogP contribution in [0.3, 0.4) is 0 Å². The normalized spacial score (nSPS) is 16.8. The van der Waals surface area contributed by atoms with Crippen molar-refractivity contribution in [3.63, 3.8) is 0 Å². The molecule has 8 heteroatoms. The second kappa shape index (κ2) is 9.99. The molecule has 1 saturated heterocycles. The van der Waals surface area contributed by atoms with Gasteiger partial charge in [0.05, 0.1) is 12.5 Å². The Hall–Kier alpha value is -3.13. The quantitative estimate of drug-likeness (QED) is 0.550. The number of rotatable bonds is 7. The molecule has 1 fully saturated rings. The Morgan fingerprint density at radius 2 is 1.97 bits per heavy atom. The van der Waals surface area contributed by atoms with Crippen LogP contribution in [0, 0.1) is 11.6 Å². The van der Waals surface area contributed by atoms with Crippen LogP contribution < -0.4 is 0 Å². The van der Waals surface area contributed by atoms with Gasteiger partial charge in [0, 0.05) is 25.2 Å². The van der Waals surface area contributed by atoms with E-state index in [1.54, 1.807) is 23.1 Å². The van der Waals surface area contributed by atoms with E-state index in [0.717, 1.165) is 24.9 Å². The number of carbonyl (C=O) groups is 1. The van der Waals surface area contributed by atoms with Crippen LogP contribution in [0.5, 0.6) is 0 Å². The highest BCUT2D eigenvalue weighted by Crippen LogP contribution is 2.27. The lowest BCUT2D eigenvalue weighted by atomic mass is 9.98. The van der Waals surface area contributed by atoms with Gasteiger partial charge in [0.2, 0.25) is 17.6 Å². The summed E-state index contributed by atoms with van der Waals surface area (Å²) in [5, 5.41) is 4.01. The predicted molar refractivity (Wildman–Crippen MR) is 116 cm³/mol. The highest BCUT2D eigenvalue weighted by Gasteiger charge is 2.28. The van der Waals surface area contributed by atoms with E-state index in [-0.39, 0.29) is 30.0 Å². The van der Waals surface area contributed by atoms with Crippen LogP contribution in [-0.4, -0.2) is 52.0 Å². The summed E-state index contributed by atoms with van der Waals surface area (Å²) < 4.78 is 32.4. The number of aromatic nitrogens is 2. The van der Waals surface area contributed by atoms with Crippen LogP contribution in [-0.2, 0) is 11.3 Å². The molecule has 32 heavy (non-hydrogen) atoms. The van der Waals surface area contributed by atoms with Crippen LogP contribution in [0.4, 0.5) is 8.78 Å². The lowest BCUT2D eigenvalue weighted by Gasteiger charge is -2.32. The predicted octanol–water partition coefficient (Wildman–Crippen LogP) is 4.24. The molecule has 3 aromatic rings. The monoisotopic (exact) mass is 440 g/mol. The van der Waals surface area contributed by atoms with E-state index in [9.17, 15) is 13.6 Å². The Bertz CT molecular complexity index is 1070. The van der Waals surface area contributed by atoms with Crippen molar-refractivity contribution < 1.29 is 18.1 Å². The molecule has 6 nitrogen and oxygen atoms in total. The van der Waals surface area contributed by atoms with Gasteiger partial charge in [-0.25, -0.2) is 8.78 Å². The van der Waals surface area contributed by atoms with Gasteiger partial charge in [-0.1, -0.05) is 29.4 Å². The number of hydrogen-bond acceptors (Lipinski definition) is 5. The molecule has 0 radical (unpaired) electrons. The van der Waals surface area contributed by atoms with Crippen molar-refractivity contribution in [2.45, 2.75) is 32.2 Å². The van der Waals surface area contributed by atoms with Gasteiger partial charge in [-0.15, -0.1) is 0 Å². The number of benzene rings is 2. The maximum atomic E-state index is 13.5. The van der Waals surface area contributed by atoms with Gasteiger partial charge >= 0.3 is 0 Å². The molecule has 0 saturated carbocycles. The van der Waals surface area contributed by atoms with E-state index in [4.69, 9.17) is 4.52 Å². The van der Waals surface area contributed by atoms with Crippen LogP contribution in [0.2, 0.25) is 0 Å². The molecule has 1 amide bonds. The molecule has 2 aromatic carbocycles. The smallest absolute Gasteiger partial charge is 0.237 e. The van der Waals surface area contributed by atoms with E-state index in [1.807, 2.05) is 13.0 Å². The van der Waals surface area contributed by atoms with Crippen molar-refractivity contribution in [1.29, 1.82) is 0 Å². The molecule has 0 bridgehead atoms. The molecule has 1 aliphatic heterocycles. The average Bonchev–Trinajstić information content (AvgIpc) is 3.28. The molecule has 0 aliphatic carbocycles. The molecule has 2 heterocycles. The highest BCUT2D eigenvalue weighted by atomic mass is 19.1. The van der Waals surface area contributed by atoms with Crippen LogP contribution >= 0.6 is 0 Å². The Morgan fingerprint density at radius 1 is 1.19 bits per heavy atom. The molecular weight excluding hydrogens is 414 g/mol. The fourth-order valence-electron chi connectivity index (χ4n) is 4.07. The number of carbonyl (C=O) groups excluding carboxylic acids is 1. The first-order valence-corrected chi connectivity index (χ1v) is 10.9. The molecule has 1 aliphatic rings. The number of likely N-dealkylation sites (tertiary alicyclic amines) is 1. The molecular formula is C24H26F2N4O2. The Labute approximate surface area is 185 Å². The Kier molecular flexibility index (Phi) is 6.90. The zero-order chi connectivity index (χ0) is 22.5. The summed E-state index contributed by atoms with van der Waals surface area (Å²) in [5.41, 5.74) is 1.34. The first-order chi connectivity index (χ1) is 15.5. The van der Waals surface area contributed by atoms with Crippen molar-refractivity contribution in [2.24, 2.45) is 0 Å². The maximum absolute atomic E-state index is 13.5. The number of piperidine rings is 1. The molecule has 4 rings (SSSR count). The summed E-state index contributed by atoms with van der Waals surface area (Å²) in [6, 6.07) is 12.4. The van der Waals surface area contributed by atoms with Gasteiger partial charge in [-0.05, 0) is 56.1 Å². The summed E-state index contributed by atoms with van der Waals surface area (Å²) in [6.07, 6.45) is 1.79. The van der Waals surface area contributed by atoms with Crippen molar-refractivity contribution in [1.82, 2.24) is 19.9 Å². The van der Waals surface area contributed by atoms with Gasteiger partial charge in [-0.2, -0.15) is 4.98 Å². The molecule has 0 N–H and O–H groups in total. The molecule has 168 valence electrons. The van der Waals surface area contributed by atoms with Crippen molar-refractivity contribution in [3.8, 4) is 11.4 Å². The molecule has 1 aromatic heterocycles. The van der Waals surface area contributed by atoms with Crippen molar-refractivity contribution >= 4 is 5.91 Å². The minimum absolute atomic E-state index is 0.00314. The third-order valence-corrected chi connectivity index (χ3v) is 5.74. The van der Waals surface area contributed by atoms with E-state index in [2.05, 4.69) is 15.0 Å². The number of nitrogens with zero attached hydrogens (tertiary/aromatic N) is 4. The third-order valence-electron chi connectivity index (χ3n) is 5.74. The Balaban J connectivity index is 1.38. The summed E-state index contributed by atoms with van der Waals surface area (Å²) >= 11 is 0. The minimum Gasteiger partial charge on any atom is -0.339 e. The van der Waals surface area contributed by atoms with Gasteiger partial charge in [0.15, 0.2) is 0 Å². The van der Waals surface area contributed by atoms with Crippen LogP contribution in [0.15, 0.2) is 53.1 Å². The number of amides is 1. The summed E-state index contributed by atoms with van der Waals surface area (Å²) in [7, 11) is 0. The molecule has 1 atom stereocenters. The zero-order valence-corrected chi connectivity index (χ0v) is 18.0. The largest absolute Gasteiger partial charge is 0.339 e. The second-order valence-corrected chi connectivity index (χ2v) is 8.08. The van der Waals surface area contributed by atoms with Crippen molar-refractivity contribution in [2.75, 3.05) is 26.2 Å². The standard InChI is InChI=1S/C24H26F2N4O2/c1-2-30(14-17-6-3-9-20(25)12-17)22(31)16-29-11-5-8-19(15-29)24-27-23(28-32-24)18-7-4-10-21(26)13-18/h3-4,6-7,9-10,12-13,19H,2,5,8,11,14-16H2,1H3. The van der Waals surface area contributed by atoms with E-state index in [1.165, 1.54) is 24.3 Å². The SMILES string of the molecule is CCN(Cc1cccc(F)c1)C(=O)CN1CCCC(c2nc(-c3cccc(F)c3)no2)C1. The average molecular weight is 440 g/mol. The lowest BCUT2D eigenvalue weighted by Crippen LogP contribution is -2.43. The fourth-order valence-corrected chi connectivity index (χ4v) is 4.07. The topological polar surface area (TPSA) is 62.5 Å². The lowest BCUT2D eigenvalue weighted by molar-refractivity contribution is -0.133. The highest BCUT2D eigenvalue weighted by molar-refractivity contribution is 5.78. The first-order valence-electron chi connectivity index (χ1n) is 10.9. The van der Waals surface area contributed by atoms with E-state index < -0.39 is 0 Å². The van der Waals surface area contributed by atoms with Gasteiger partial charge in [-0.3, -0.25) is 9.69 Å². The van der Waals surface area contributed by atoms with Crippen LogP contribution in [0.1, 0.15) is 37.1 Å². The van der Waals surface area contributed by atoms with Gasteiger partial charge in [0.25, 0.3) is 0 Å². The second-order valence-electron chi connectivity index (χ2n) is 8.08. The van der Waals surface area contributed by atoms with Crippen LogP contribution in [0.25, 0.3) is 11.4 Å². The number of halogens is 2. The molecule has 1 unspecified atom stereocenters. The first kappa shape index (κ1) is 22.1. The van der Waals surface area contributed by atoms with Crippen molar-refractivity contribution in [3.05, 3.63) is 71.6 Å². The third kappa shape index (κ3) is 5.37. The van der Waals surface area contributed by atoms with Gasteiger partial charge < -0.3 is 9.42 Å². The number of hydrogen-bond donors (Lipinski definition) is 0. The van der Waals surface area contributed by atoms with E-state index in [0.29, 0.717) is 36.9 Å². The molecule has 0 spiro atoms.